The van der Waals surface area contributed by atoms with Gasteiger partial charge in [-0.05, 0) is 51.8 Å². The molecule has 0 aliphatic heterocycles. The summed E-state index contributed by atoms with van der Waals surface area (Å²) in [6.07, 6.45) is 6.68. The van der Waals surface area contributed by atoms with Gasteiger partial charge in [-0.25, -0.2) is 4.39 Å². The summed E-state index contributed by atoms with van der Waals surface area (Å²) in [7, 11) is 0. The molecule has 0 unspecified atom stereocenters. The first kappa shape index (κ1) is 17.2. The van der Waals surface area contributed by atoms with Crippen LogP contribution in [0.4, 0.5) is 10.1 Å². The summed E-state index contributed by atoms with van der Waals surface area (Å²) in [6, 6.07) is 7.40. The molecule has 0 bridgehead atoms. The van der Waals surface area contributed by atoms with Gasteiger partial charge in [0.25, 0.3) is 0 Å². The molecule has 0 aliphatic rings. The van der Waals surface area contributed by atoms with E-state index in [4.69, 9.17) is 0 Å². The van der Waals surface area contributed by atoms with Crippen molar-refractivity contribution < 1.29 is 4.39 Å². The number of benzene rings is 1. The molecule has 0 heterocycles. The Bertz CT molecular complexity index is 531. The van der Waals surface area contributed by atoms with E-state index in [0.29, 0.717) is 5.56 Å². The predicted octanol–water partition coefficient (Wildman–Crippen LogP) is 5.59. The minimum Gasteiger partial charge on any atom is -0.354 e. The van der Waals surface area contributed by atoms with E-state index in [1.54, 1.807) is 20.0 Å². The van der Waals surface area contributed by atoms with Gasteiger partial charge in [0, 0.05) is 11.9 Å². The Labute approximate surface area is 127 Å². The number of hydrogen-bond acceptors (Lipinski definition) is 2. The van der Waals surface area contributed by atoms with Crippen molar-refractivity contribution in [1.82, 2.24) is 0 Å². The molecule has 3 heteroatoms. The van der Waals surface area contributed by atoms with Gasteiger partial charge in [-0.2, -0.15) is 0 Å². The van der Waals surface area contributed by atoms with Gasteiger partial charge in [0.1, 0.15) is 5.67 Å². The molecule has 0 spiro atoms. The zero-order chi connectivity index (χ0) is 15.9. The Kier molecular flexibility index (Phi) is 6.35. The zero-order valence-corrected chi connectivity index (χ0v) is 13.6. The lowest BCUT2D eigenvalue weighted by molar-refractivity contribution is 0.221. The Balaban J connectivity index is 2.93. The Hall–Kier alpha value is -1.90. The number of alkyl halides is 1. The maximum Gasteiger partial charge on any atom is 0.130 e. The van der Waals surface area contributed by atoms with Crippen molar-refractivity contribution >= 4 is 11.4 Å². The molecule has 0 aromatic heterocycles. The average molecular weight is 288 g/mol. The van der Waals surface area contributed by atoms with Crippen LogP contribution in [-0.2, 0) is 5.67 Å². The second kappa shape index (κ2) is 7.77. The van der Waals surface area contributed by atoms with Crippen LogP contribution in [0.5, 0.6) is 0 Å². The standard InChI is InChI=1S/C18H25FN2/c1-6-8-17(14(3)20-13-7-2)21-16-11-9-15(10-12-16)18(4,5)19/h7-13,21H,6H2,1-5H3/b13-7-,17-8-,20-14+. The summed E-state index contributed by atoms with van der Waals surface area (Å²) in [5.41, 5.74) is 2.18. The first-order chi connectivity index (χ1) is 9.88. The highest BCUT2D eigenvalue weighted by atomic mass is 19.1. The van der Waals surface area contributed by atoms with Gasteiger partial charge in [0.15, 0.2) is 0 Å². The molecule has 1 rings (SSSR count). The van der Waals surface area contributed by atoms with E-state index < -0.39 is 5.67 Å². The number of allylic oxidation sites excluding steroid dienone is 3. The van der Waals surface area contributed by atoms with E-state index in [2.05, 4.69) is 23.3 Å². The molecule has 0 radical (unpaired) electrons. The number of hydrogen-bond donors (Lipinski definition) is 1. The molecule has 1 aromatic carbocycles. The van der Waals surface area contributed by atoms with Gasteiger partial charge in [-0.1, -0.05) is 31.2 Å². The topological polar surface area (TPSA) is 24.4 Å². The summed E-state index contributed by atoms with van der Waals surface area (Å²) in [4.78, 5) is 4.36. The third-order valence-corrected chi connectivity index (χ3v) is 3.07. The van der Waals surface area contributed by atoms with Gasteiger partial charge in [-0.15, -0.1) is 0 Å². The minimum absolute atomic E-state index is 0.674. The van der Waals surface area contributed by atoms with Crippen molar-refractivity contribution in [1.29, 1.82) is 0 Å². The minimum atomic E-state index is -1.32. The van der Waals surface area contributed by atoms with E-state index in [0.717, 1.165) is 23.5 Å². The average Bonchev–Trinajstić information content (AvgIpc) is 2.44. The first-order valence-corrected chi connectivity index (χ1v) is 7.31. The smallest absolute Gasteiger partial charge is 0.130 e. The van der Waals surface area contributed by atoms with E-state index in [1.807, 2.05) is 44.2 Å². The van der Waals surface area contributed by atoms with E-state index in [-0.39, 0.29) is 0 Å². The molecule has 0 saturated carbocycles. The molecule has 0 saturated heterocycles. The van der Waals surface area contributed by atoms with Crippen molar-refractivity contribution in [2.75, 3.05) is 5.32 Å². The summed E-state index contributed by atoms with van der Waals surface area (Å²) < 4.78 is 13.8. The Morgan fingerprint density at radius 3 is 2.38 bits per heavy atom. The number of nitrogens with one attached hydrogen (secondary N) is 1. The van der Waals surface area contributed by atoms with Crippen molar-refractivity contribution in [3.63, 3.8) is 0 Å². The summed E-state index contributed by atoms with van der Waals surface area (Å²) >= 11 is 0. The number of rotatable bonds is 6. The summed E-state index contributed by atoms with van der Waals surface area (Å²) in [5, 5.41) is 3.34. The number of halogens is 1. The lowest BCUT2D eigenvalue weighted by Gasteiger charge is -2.16. The van der Waals surface area contributed by atoms with Crippen molar-refractivity contribution in [3.8, 4) is 0 Å². The fourth-order valence-corrected chi connectivity index (χ4v) is 1.85. The molecule has 114 valence electrons. The van der Waals surface area contributed by atoms with Crippen LogP contribution in [0.2, 0.25) is 0 Å². The second-order valence-corrected chi connectivity index (χ2v) is 5.40. The molecule has 0 atom stereocenters. The quantitative estimate of drug-likeness (QED) is 0.678. The van der Waals surface area contributed by atoms with Crippen LogP contribution >= 0.6 is 0 Å². The fourth-order valence-electron chi connectivity index (χ4n) is 1.85. The van der Waals surface area contributed by atoms with Gasteiger partial charge in [-0.3, -0.25) is 4.99 Å². The summed E-state index contributed by atoms with van der Waals surface area (Å²) in [6.45, 7) is 9.11. The molecule has 21 heavy (non-hydrogen) atoms. The molecular formula is C18H25FN2. The van der Waals surface area contributed by atoms with Crippen LogP contribution < -0.4 is 5.32 Å². The maximum absolute atomic E-state index is 13.8. The van der Waals surface area contributed by atoms with Crippen LogP contribution in [-0.4, -0.2) is 5.71 Å². The van der Waals surface area contributed by atoms with E-state index in [1.165, 1.54) is 0 Å². The third kappa shape index (κ3) is 5.54. The van der Waals surface area contributed by atoms with Gasteiger partial charge in [0.05, 0.1) is 11.4 Å². The highest BCUT2D eigenvalue weighted by Crippen LogP contribution is 2.26. The SMILES string of the molecule is C\C=C/N=C(C)/C(=C/CC)Nc1ccc(C(C)(C)F)cc1. The van der Waals surface area contributed by atoms with Gasteiger partial charge < -0.3 is 5.32 Å². The Morgan fingerprint density at radius 1 is 1.29 bits per heavy atom. The van der Waals surface area contributed by atoms with Crippen LogP contribution in [0.25, 0.3) is 0 Å². The highest BCUT2D eigenvalue weighted by molar-refractivity contribution is 6.01. The van der Waals surface area contributed by atoms with Crippen LogP contribution in [0.15, 0.2) is 53.3 Å². The monoisotopic (exact) mass is 288 g/mol. The molecule has 0 aliphatic carbocycles. The molecular weight excluding hydrogens is 263 g/mol. The highest BCUT2D eigenvalue weighted by Gasteiger charge is 2.18. The lowest BCUT2D eigenvalue weighted by Crippen LogP contribution is -2.10. The van der Waals surface area contributed by atoms with Gasteiger partial charge in [0.2, 0.25) is 0 Å². The number of nitrogens with zero attached hydrogens (tertiary/aromatic N) is 1. The number of anilines is 1. The van der Waals surface area contributed by atoms with Crippen molar-refractivity contribution in [3.05, 3.63) is 53.9 Å². The molecule has 0 amide bonds. The maximum atomic E-state index is 13.8. The van der Waals surface area contributed by atoms with Crippen molar-refractivity contribution in [2.24, 2.45) is 4.99 Å². The predicted molar refractivity (Wildman–Crippen MR) is 90.5 cm³/mol. The normalized spacial score (nSPS) is 13.8. The van der Waals surface area contributed by atoms with E-state index in [9.17, 15) is 4.39 Å². The Morgan fingerprint density at radius 2 is 1.90 bits per heavy atom. The van der Waals surface area contributed by atoms with Crippen molar-refractivity contribution in [2.45, 2.75) is 46.7 Å². The fraction of sp³-hybridized carbons (Fsp3) is 0.389. The first-order valence-electron chi connectivity index (χ1n) is 7.31. The van der Waals surface area contributed by atoms with Crippen LogP contribution in [0.3, 0.4) is 0 Å². The number of aliphatic imine (C=N–C) groups is 1. The van der Waals surface area contributed by atoms with Crippen LogP contribution in [0, 0.1) is 0 Å². The third-order valence-electron chi connectivity index (χ3n) is 3.07. The molecule has 0 fully saturated rings. The van der Waals surface area contributed by atoms with E-state index >= 15 is 0 Å². The molecule has 2 nitrogen and oxygen atoms in total. The molecule has 1 N–H and O–H groups in total. The largest absolute Gasteiger partial charge is 0.354 e. The zero-order valence-electron chi connectivity index (χ0n) is 13.6. The van der Waals surface area contributed by atoms with Gasteiger partial charge >= 0.3 is 0 Å². The second-order valence-electron chi connectivity index (χ2n) is 5.40. The molecule has 1 aromatic rings. The van der Waals surface area contributed by atoms with Crippen LogP contribution in [0.1, 0.15) is 46.6 Å². The summed E-state index contributed by atoms with van der Waals surface area (Å²) in [5.74, 6) is 0. The lowest BCUT2D eigenvalue weighted by atomic mass is 10.00.